The summed E-state index contributed by atoms with van der Waals surface area (Å²) in [6.07, 6.45) is -1.98. The van der Waals surface area contributed by atoms with Crippen molar-refractivity contribution >= 4 is 17.8 Å². The second kappa shape index (κ2) is 11.0. The van der Waals surface area contributed by atoms with Gasteiger partial charge >= 0.3 is 6.09 Å². The molecule has 0 radical (unpaired) electrons. The number of halogens is 1. The Morgan fingerprint density at radius 1 is 0.971 bits per heavy atom. The number of aliphatic hydroxyl groups excluding tert-OH is 1. The van der Waals surface area contributed by atoms with Gasteiger partial charge in [0.05, 0.1) is 11.8 Å². The first-order valence-electron chi connectivity index (χ1n) is 11.0. The summed E-state index contributed by atoms with van der Waals surface area (Å²) in [5.74, 6) is 0.341. The van der Waals surface area contributed by atoms with Gasteiger partial charge in [0, 0.05) is 5.56 Å². The van der Waals surface area contributed by atoms with Crippen molar-refractivity contribution in [2.24, 2.45) is 0 Å². The highest BCUT2D eigenvalue weighted by molar-refractivity contribution is 5.96. The van der Waals surface area contributed by atoms with Crippen LogP contribution in [0.25, 0.3) is 11.3 Å². The number of hydrogen-bond acceptors (Lipinski definition) is 6. The zero-order valence-electron chi connectivity index (χ0n) is 19.9. The first-order chi connectivity index (χ1) is 16.5. The fourth-order valence-corrected chi connectivity index (χ4v) is 3.04. The minimum Gasteiger partial charge on any atom is -0.457 e. The van der Waals surface area contributed by atoms with E-state index in [0.717, 1.165) is 5.56 Å². The van der Waals surface area contributed by atoms with Gasteiger partial charge in [-0.3, -0.25) is 4.79 Å². The van der Waals surface area contributed by atoms with Crippen LogP contribution in [-0.4, -0.2) is 39.8 Å². The van der Waals surface area contributed by atoms with Gasteiger partial charge in [-0.05, 0) is 88.4 Å². The van der Waals surface area contributed by atoms with Gasteiger partial charge in [-0.25, -0.2) is 14.2 Å². The van der Waals surface area contributed by atoms with Gasteiger partial charge in [-0.15, -0.1) is 0 Å². The van der Waals surface area contributed by atoms with Crippen LogP contribution in [0.15, 0.2) is 66.7 Å². The fourth-order valence-electron chi connectivity index (χ4n) is 3.04. The van der Waals surface area contributed by atoms with Crippen LogP contribution >= 0.6 is 0 Å². The van der Waals surface area contributed by atoms with Crippen LogP contribution in [0.4, 0.5) is 15.0 Å². The molecule has 3 aromatic rings. The number of hydrogen-bond donors (Lipinski definition) is 3. The Morgan fingerprint density at radius 2 is 1.57 bits per heavy atom. The Hall–Kier alpha value is -3.98. The van der Waals surface area contributed by atoms with Crippen molar-refractivity contribution in [2.75, 3.05) is 5.32 Å². The van der Waals surface area contributed by atoms with Crippen LogP contribution in [0.1, 0.15) is 27.7 Å². The molecule has 2 amide bonds. The number of pyridine rings is 1. The van der Waals surface area contributed by atoms with Crippen LogP contribution in [0.3, 0.4) is 0 Å². The molecule has 0 fully saturated rings. The maximum atomic E-state index is 13.1. The Balaban J connectivity index is 1.68. The van der Waals surface area contributed by atoms with Crippen LogP contribution in [0, 0.1) is 5.82 Å². The van der Waals surface area contributed by atoms with Crippen LogP contribution in [0.2, 0.25) is 0 Å². The van der Waals surface area contributed by atoms with Crippen molar-refractivity contribution < 1.29 is 28.6 Å². The Kier molecular flexibility index (Phi) is 8.03. The minimum absolute atomic E-state index is 0.246. The summed E-state index contributed by atoms with van der Waals surface area (Å²) in [4.78, 5) is 29.2. The molecule has 1 unspecified atom stereocenters. The number of ether oxygens (including phenoxy) is 2. The molecule has 0 bridgehead atoms. The van der Waals surface area contributed by atoms with Crippen molar-refractivity contribution in [2.45, 2.75) is 45.4 Å². The summed E-state index contributed by atoms with van der Waals surface area (Å²) in [5.41, 5.74) is 0.607. The molecule has 8 nitrogen and oxygen atoms in total. The average molecular weight is 482 g/mol. The molecule has 0 aliphatic heterocycles. The molecule has 2 atom stereocenters. The third kappa shape index (κ3) is 7.79. The van der Waals surface area contributed by atoms with E-state index < -0.39 is 29.7 Å². The molecule has 3 N–H and O–H groups in total. The summed E-state index contributed by atoms with van der Waals surface area (Å²) in [7, 11) is 0. The molecule has 184 valence electrons. The van der Waals surface area contributed by atoms with E-state index in [1.165, 1.54) is 31.2 Å². The van der Waals surface area contributed by atoms with Crippen molar-refractivity contribution in [3.63, 3.8) is 0 Å². The molecule has 2 aromatic carbocycles. The van der Waals surface area contributed by atoms with Gasteiger partial charge in [0.2, 0.25) is 0 Å². The second-order valence-electron chi connectivity index (χ2n) is 8.84. The van der Waals surface area contributed by atoms with Gasteiger partial charge in [0.15, 0.2) is 0 Å². The number of nitrogens with zero attached hydrogens (tertiary/aromatic N) is 1. The highest BCUT2D eigenvalue weighted by Crippen LogP contribution is 2.26. The van der Waals surface area contributed by atoms with Crippen molar-refractivity contribution in [1.82, 2.24) is 10.3 Å². The van der Waals surface area contributed by atoms with Gasteiger partial charge < -0.3 is 25.2 Å². The SMILES string of the molecule is C[C@H](O)C(NC(=O)OC(C)(C)C)C(=O)Nc1cccc(-c2ccc(Oc3ccc(F)cc3)cc2)n1. The zero-order valence-corrected chi connectivity index (χ0v) is 19.9. The van der Waals surface area contributed by atoms with E-state index in [4.69, 9.17) is 9.47 Å². The lowest BCUT2D eigenvalue weighted by atomic mass is 10.1. The molecule has 0 aliphatic rings. The molecule has 1 aromatic heterocycles. The number of benzene rings is 2. The lowest BCUT2D eigenvalue weighted by molar-refractivity contribution is -0.120. The predicted molar refractivity (Wildman–Crippen MR) is 130 cm³/mol. The van der Waals surface area contributed by atoms with Crippen molar-refractivity contribution in [3.05, 3.63) is 72.5 Å². The number of carbonyl (C=O) groups excluding carboxylic acids is 2. The number of aliphatic hydroxyl groups is 1. The number of amides is 2. The topological polar surface area (TPSA) is 110 Å². The smallest absolute Gasteiger partial charge is 0.408 e. The molecule has 1 heterocycles. The monoisotopic (exact) mass is 481 g/mol. The van der Waals surface area contributed by atoms with E-state index in [-0.39, 0.29) is 11.6 Å². The fraction of sp³-hybridized carbons (Fsp3) is 0.269. The molecule has 0 saturated carbocycles. The third-order valence-electron chi connectivity index (χ3n) is 4.64. The third-order valence-corrected chi connectivity index (χ3v) is 4.64. The molecule has 0 saturated heterocycles. The van der Waals surface area contributed by atoms with Crippen molar-refractivity contribution in [1.29, 1.82) is 0 Å². The van der Waals surface area contributed by atoms with E-state index >= 15 is 0 Å². The van der Waals surface area contributed by atoms with Crippen LogP contribution < -0.4 is 15.4 Å². The zero-order chi connectivity index (χ0) is 25.6. The number of nitrogens with one attached hydrogen (secondary N) is 2. The molecule has 3 rings (SSSR count). The summed E-state index contributed by atoms with van der Waals surface area (Å²) in [5, 5.41) is 15.0. The maximum absolute atomic E-state index is 13.1. The molecular weight excluding hydrogens is 453 g/mol. The van der Waals surface area contributed by atoms with Gasteiger partial charge in [-0.1, -0.05) is 6.07 Å². The normalized spacial score (nSPS) is 12.9. The highest BCUT2D eigenvalue weighted by atomic mass is 19.1. The first kappa shape index (κ1) is 25.6. The standard InChI is InChI=1S/C26H28FN3O5/c1-16(31)23(30-25(33)35-26(2,3)4)24(32)29-22-7-5-6-21(28-22)17-8-12-19(13-9-17)34-20-14-10-18(27)11-15-20/h5-16,23,31H,1-4H3,(H,30,33)(H,28,29,32)/t16-,23?/m0/s1. The summed E-state index contributed by atoms with van der Waals surface area (Å²) < 4.78 is 23.9. The molecular formula is C26H28FN3O5. The summed E-state index contributed by atoms with van der Waals surface area (Å²) >= 11 is 0. The van der Waals surface area contributed by atoms with Gasteiger partial charge in [0.25, 0.3) is 5.91 Å². The van der Waals surface area contributed by atoms with Crippen LogP contribution in [0.5, 0.6) is 11.5 Å². The summed E-state index contributed by atoms with van der Waals surface area (Å²) in [6.45, 7) is 6.48. The number of alkyl carbamates (subject to hydrolysis) is 1. The lowest BCUT2D eigenvalue weighted by Crippen LogP contribution is -2.51. The largest absolute Gasteiger partial charge is 0.457 e. The number of aromatic nitrogens is 1. The molecule has 35 heavy (non-hydrogen) atoms. The second-order valence-corrected chi connectivity index (χ2v) is 8.84. The predicted octanol–water partition coefficient (Wildman–Crippen LogP) is 4.89. The van der Waals surface area contributed by atoms with Crippen molar-refractivity contribution in [3.8, 4) is 22.8 Å². The number of rotatable bonds is 7. The van der Waals surface area contributed by atoms with E-state index in [9.17, 15) is 19.1 Å². The lowest BCUT2D eigenvalue weighted by Gasteiger charge is -2.24. The highest BCUT2D eigenvalue weighted by Gasteiger charge is 2.28. The average Bonchev–Trinajstić information content (AvgIpc) is 2.78. The molecule has 0 aliphatic carbocycles. The number of carbonyl (C=O) groups is 2. The number of anilines is 1. The van der Waals surface area contributed by atoms with E-state index in [0.29, 0.717) is 17.2 Å². The minimum atomic E-state index is -1.24. The Bertz CT molecular complexity index is 1160. The quantitative estimate of drug-likeness (QED) is 0.443. The Labute approximate surface area is 203 Å². The molecule has 0 spiro atoms. The van der Waals surface area contributed by atoms with Gasteiger partial charge in [-0.2, -0.15) is 0 Å². The van der Waals surface area contributed by atoms with E-state index in [2.05, 4.69) is 15.6 Å². The summed E-state index contributed by atoms with van der Waals surface area (Å²) in [6, 6.07) is 16.7. The first-order valence-corrected chi connectivity index (χ1v) is 11.0. The van der Waals surface area contributed by atoms with E-state index in [1.807, 2.05) is 0 Å². The molecule has 9 heteroatoms. The van der Waals surface area contributed by atoms with Crippen LogP contribution in [-0.2, 0) is 9.53 Å². The maximum Gasteiger partial charge on any atom is 0.408 e. The Morgan fingerprint density at radius 3 is 2.14 bits per heavy atom. The van der Waals surface area contributed by atoms with E-state index in [1.54, 1.807) is 63.2 Å². The van der Waals surface area contributed by atoms with Gasteiger partial charge in [0.1, 0.15) is 34.8 Å².